The van der Waals surface area contributed by atoms with Crippen molar-refractivity contribution in [3.63, 3.8) is 0 Å². The lowest BCUT2D eigenvalue weighted by Gasteiger charge is -2.20. The van der Waals surface area contributed by atoms with Gasteiger partial charge in [0, 0.05) is 48.8 Å². The minimum atomic E-state index is -0.315. The molecule has 0 spiro atoms. The Morgan fingerprint density at radius 3 is 2.86 bits per heavy atom. The van der Waals surface area contributed by atoms with E-state index in [0.717, 1.165) is 46.3 Å². The average molecular weight is 451 g/mol. The molecule has 8 heteroatoms. The van der Waals surface area contributed by atoms with Gasteiger partial charge in [-0.25, -0.2) is 15.0 Å². The molecule has 1 aliphatic heterocycles. The lowest BCUT2D eigenvalue weighted by molar-refractivity contribution is -0.111. The van der Waals surface area contributed by atoms with Gasteiger partial charge in [0.2, 0.25) is 5.95 Å². The van der Waals surface area contributed by atoms with Crippen LogP contribution in [0.4, 0.5) is 17.5 Å². The van der Waals surface area contributed by atoms with Gasteiger partial charge in [-0.2, -0.15) is 0 Å². The Hall–Kier alpha value is -3.18. The Morgan fingerprint density at radius 2 is 2.07 bits per heavy atom. The van der Waals surface area contributed by atoms with Crippen LogP contribution in [-0.4, -0.2) is 40.0 Å². The lowest BCUT2D eigenvalue weighted by Crippen LogP contribution is -2.27. The molecule has 0 aliphatic carbocycles. The number of rotatable bonds is 4. The highest BCUT2D eigenvalue weighted by molar-refractivity contribution is 9.10. The molecular weight excluding hydrogens is 432 g/mol. The summed E-state index contributed by atoms with van der Waals surface area (Å²) in [6.45, 7) is 3.35. The molecule has 1 aliphatic rings. The molecule has 2 N–H and O–H groups in total. The maximum atomic E-state index is 11.7. The molecule has 1 unspecified atom stereocenters. The van der Waals surface area contributed by atoms with Gasteiger partial charge in [0.05, 0.1) is 4.47 Å². The van der Waals surface area contributed by atoms with E-state index in [2.05, 4.69) is 58.3 Å². The number of amides is 1. The highest BCUT2D eigenvalue weighted by Gasteiger charge is 2.25. The summed E-state index contributed by atoms with van der Waals surface area (Å²) in [7, 11) is 0. The third-order valence-electron chi connectivity index (χ3n) is 4.68. The van der Waals surface area contributed by atoms with Gasteiger partial charge in [-0.3, -0.25) is 4.79 Å². The number of carbonyl (C=O) groups excluding carboxylic acids is 1. The van der Waals surface area contributed by atoms with E-state index < -0.39 is 0 Å². The lowest BCUT2D eigenvalue weighted by atomic mass is 10.1. The summed E-state index contributed by atoms with van der Waals surface area (Å²) in [5.74, 6) is 6.34. The van der Waals surface area contributed by atoms with Crippen molar-refractivity contribution in [1.29, 1.82) is 0 Å². The van der Waals surface area contributed by atoms with E-state index in [1.807, 2.05) is 24.3 Å². The monoisotopic (exact) mass is 450 g/mol. The number of hydrogen-bond donors (Lipinski definition) is 2. The Morgan fingerprint density at radius 1 is 1.24 bits per heavy atom. The molecule has 4 rings (SSSR count). The molecule has 7 nitrogen and oxygen atoms in total. The van der Waals surface area contributed by atoms with E-state index in [9.17, 15) is 4.79 Å². The number of aromatic nitrogens is 3. The van der Waals surface area contributed by atoms with E-state index in [1.54, 1.807) is 25.5 Å². The zero-order valence-electron chi connectivity index (χ0n) is 15.8. The van der Waals surface area contributed by atoms with Crippen LogP contribution in [0.1, 0.15) is 13.3 Å². The predicted molar refractivity (Wildman–Crippen MR) is 118 cm³/mol. The van der Waals surface area contributed by atoms with Crippen LogP contribution >= 0.6 is 15.9 Å². The van der Waals surface area contributed by atoms with Crippen molar-refractivity contribution < 1.29 is 4.79 Å². The smallest absolute Gasteiger partial charge is 0.300 e. The van der Waals surface area contributed by atoms with Crippen LogP contribution in [0, 0.1) is 11.8 Å². The standard InChI is InChI=1S/C21H19BrN6O/c1-2-3-19(29)26-16-4-5-18-14(10-16)6-8-23-20(18)28-9-7-17(13-28)27-21-24-11-15(22)12-25-21/h4-6,8,10-12,17H,7,9,13H2,1H3,(H,26,29)(H,24,25,27). The number of anilines is 3. The van der Waals surface area contributed by atoms with E-state index in [-0.39, 0.29) is 11.9 Å². The molecule has 1 saturated heterocycles. The number of nitrogens with zero attached hydrogens (tertiary/aromatic N) is 4. The number of nitrogens with one attached hydrogen (secondary N) is 2. The number of fused-ring (bicyclic) bond motifs is 1. The average Bonchev–Trinajstić information content (AvgIpc) is 3.17. The molecule has 1 aromatic carbocycles. The SMILES string of the molecule is CC#CC(=O)Nc1ccc2c(N3CCC(Nc4ncc(Br)cn4)C3)nccc2c1. The largest absolute Gasteiger partial charge is 0.354 e. The first kappa shape index (κ1) is 19.2. The van der Waals surface area contributed by atoms with Crippen LogP contribution in [0.25, 0.3) is 10.8 Å². The second-order valence-electron chi connectivity index (χ2n) is 6.70. The summed E-state index contributed by atoms with van der Waals surface area (Å²) < 4.78 is 0.855. The van der Waals surface area contributed by atoms with Gasteiger partial charge in [0.25, 0.3) is 5.91 Å². The van der Waals surface area contributed by atoms with Crippen molar-refractivity contribution in [1.82, 2.24) is 15.0 Å². The summed E-state index contributed by atoms with van der Waals surface area (Å²) in [6.07, 6.45) is 6.24. The fourth-order valence-corrected chi connectivity index (χ4v) is 3.61. The topological polar surface area (TPSA) is 83.0 Å². The molecule has 0 bridgehead atoms. The van der Waals surface area contributed by atoms with Crippen LogP contribution in [0.5, 0.6) is 0 Å². The van der Waals surface area contributed by atoms with Crippen molar-refractivity contribution in [2.75, 3.05) is 28.6 Å². The third-order valence-corrected chi connectivity index (χ3v) is 5.09. The molecule has 1 atom stereocenters. The fourth-order valence-electron chi connectivity index (χ4n) is 3.41. The predicted octanol–water partition coefficient (Wildman–Crippen LogP) is 3.44. The molecule has 0 radical (unpaired) electrons. The van der Waals surface area contributed by atoms with Gasteiger partial charge in [-0.05, 0) is 64.8 Å². The maximum Gasteiger partial charge on any atom is 0.300 e. The Labute approximate surface area is 177 Å². The number of benzene rings is 1. The Bertz CT molecular complexity index is 1110. The molecule has 1 fully saturated rings. The Kier molecular flexibility index (Phi) is 5.58. The third kappa shape index (κ3) is 4.46. The molecule has 2 aromatic heterocycles. The summed E-state index contributed by atoms with van der Waals surface area (Å²) in [5.41, 5.74) is 0.718. The van der Waals surface area contributed by atoms with Gasteiger partial charge >= 0.3 is 0 Å². The minimum absolute atomic E-state index is 0.249. The summed E-state index contributed by atoms with van der Waals surface area (Å²) in [6, 6.07) is 8.01. The van der Waals surface area contributed by atoms with Crippen molar-refractivity contribution >= 4 is 50.1 Å². The number of hydrogen-bond acceptors (Lipinski definition) is 6. The first-order chi connectivity index (χ1) is 14.1. The van der Waals surface area contributed by atoms with Crippen LogP contribution in [0.15, 0.2) is 47.3 Å². The van der Waals surface area contributed by atoms with Gasteiger partial charge in [-0.1, -0.05) is 5.92 Å². The van der Waals surface area contributed by atoms with Gasteiger partial charge < -0.3 is 15.5 Å². The van der Waals surface area contributed by atoms with Crippen LogP contribution in [0.2, 0.25) is 0 Å². The summed E-state index contributed by atoms with van der Waals surface area (Å²) in [5, 5.41) is 8.24. The van der Waals surface area contributed by atoms with E-state index >= 15 is 0 Å². The van der Waals surface area contributed by atoms with Crippen molar-refractivity contribution in [2.45, 2.75) is 19.4 Å². The zero-order chi connectivity index (χ0) is 20.2. The number of carbonyl (C=O) groups is 1. The second kappa shape index (κ2) is 8.45. The fraction of sp³-hybridized carbons (Fsp3) is 0.238. The summed E-state index contributed by atoms with van der Waals surface area (Å²) in [4.78, 5) is 27.2. The normalized spacial score (nSPS) is 15.7. The highest BCUT2D eigenvalue weighted by Crippen LogP contribution is 2.29. The van der Waals surface area contributed by atoms with Gasteiger partial charge in [-0.15, -0.1) is 0 Å². The molecule has 1 amide bonds. The second-order valence-corrected chi connectivity index (χ2v) is 7.62. The molecule has 29 heavy (non-hydrogen) atoms. The maximum absolute atomic E-state index is 11.7. The molecule has 3 aromatic rings. The van der Waals surface area contributed by atoms with Crippen LogP contribution in [0.3, 0.4) is 0 Å². The van der Waals surface area contributed by atoms with E-state index in [0.29, 0.717) is 5.95 Å². The van der Waals surface area contributed by atoms with Gasteiger partial charge in [0.15, 0.2) is 0 Å². The quantitative estimate of drug-likeness (QED) is 0.592. The van der Waals surface area contributed by atoms with Gasteiger partial charge in [0.1, 0.15) is 5.82 Å². The van der Waals surface area contributed by atoms with Crippen LogP contribution in [-0.2, 0) is 4.79 Å². The first-order valence-electron chi connectivity index (χ1n) is 9.24. The molecule has 146 valence electrons. The molecule has 0 saturated carbocycles. The Balaban J connectivity index is 1.50. The summed E-state index contributed by atoms with van der Waals surface area (Å²) >= 11 is 3.35. The minimum Gasteiger partial charge on any atom is -0.354 e. The van der Waals surface area contributed by atoms with Crippen LogP contribution < -0.4 is 15.5 Å². The van der Waals surface area contributed by atoms with Crippen molar-refractivity contribution in [2.24, 2.45) is 0 Å². The number of halogens is 1. The molecule has 3 heterocycles. The highest BCUT2D eigenvalue weighted by atomic mass is 79.9. The molecular formula is C21H19BrN6O. The first-order valence-corrected chi connectivity index (χ1v) is 10.0. The van der Waals surface area contributed by atoms with Crippen molar-refractivity contribution in [3.05, 3.63) is 47.3 Å². The number of pyridine rings is 1. The van der Waals surface area contributed by atoms with E-state index in [1.165, 1.54) is 0 Å². The van der Waals surface area contributed by atoms with E-state index in [4.69, 9.17) is 0 Å². The zero-order valence-corrected chi connectivity index (χ0v) is 17.4. The van der Waals surface area contributed by atoms with Crippen molar-refractivity contribution in [3.8, 4) is 11.8 Å².